The summed E-state index contributed by atoms with van der Waals surface area (Å²) in [6, 6.07) is 4.14. The summed E-state index contributed by atoms with van der Waals surface area (Å²) in [4.78, 5) is 7.13. The van der Waals surface area contributed by atoms with Gasteiger partial charge in [0, 0.05) is 25.2 Å². The third-order valence-corrected chi connectivity index (χ3v) is 4.34. The van der Waals surface area contributed by atoms with Gasteiger partial charge in [0.1, 0.15) is 11.6 Å². The van der Waals surface area contributed by atoms with Gasteiger partial charge in [-0.3, -0.25) is 9.89 Å². The van der Waals surface area contributed by atoms with Crippen molar-refractivity contribution in [2.24, 2.45) is 4.99 Å². The van der Waals surface area contributed by atoms with E-state index in [1.807, 2.05) is 6.92 Å². The molecule has 2 rings (SSSR count). The molecular formula is C18H28F2N4. The lowest BCUT2D eigenvalue weighted by Gasteiger charge is -2.21. The van der Waals surface area contributed by atoms with E-state index in [1.54, 1.807) is 0 Å². The number of nitrogens with one attached hydrogen (secondary N) is 2. The summed E-state index contributed by atoms with van der Waals surface area (Å²) in [7, 11) is 0. The van der Waals surface area contributed by atoms with E-state index >= 15 is 0 Å². The van der Waals surface area contributed by atoms with Crippen LogP contribution in [0.2, 0.25) is 0 Å². The molecular weight excluding hydrogens is 310 g/mol. The number of likely N-dealkylation sites (N-methyl/N-ethyl adjacent to an activating group) is 1. The number of benzene rings is 1. The molecule has 0 spiro atoms. The fraction of sp³-hybridized carbons (Fsp3) is 0.611. The van der Waals surface area contributed by atoms with Gasteiger partial charge in [0.05, 0.1) is 6.54 Å². The lowest BCUT2D eigenvalue weighted by molar-refractivity contribution is 0.273. The first-order chi connectivity index (χ1) is 11.6. The highest BCUT2D eigenvalue weighted by molar-refractivity contribution is 5.79. The molecule has 1 aromatic carbocycles. The minimum atomic E-state index is -0.536. The van der Waals surface area contributed by atoms with E-state index in [2.05, 4.69) is 27.4 Å². The van der Waals surface area contributed by atoms with E-state index in [-0.39, 0.29) is 0 Å². The quantitative estimate of drug-likeness (QED) is 0.593. The molecule has 0 bridgehead atoms. The van der Waals surface area contributed by atoms with Crippen molar-refractivity contribution in [3.8, 4) is 0 Å². The van der Waals surface area contributed by atoms with Crippen molar-refractivity contribution in [2.75, 3.05) is 32.7 Å². The van der Waals surface area contributed by atoms with Gasteiger partial charge in [0.2, 0.25) is 0 Å². The third-order valence-electron chi connectivity index (χ3n) is 4.34. The first-order valence-electron chi connectivity index (χ1n) is 8.83. The molecule has 4 nitrogen and oxygen atoms in total. The van der Waals surface area contributed by atoms with E-state index in [1.165, 1.54) is 25.0 Å². The average Bonchev–Trinajstić information content (AvgIpc) is 2.99. The molecule has 24 heavy (non-hydrogen) atoms. The van der Waals surface area contributed by atoms with Crippen LogP contribution in [0.5, 0.6) is 0 Å². The lowest BCUT2D eigenvalue weighted by atomic mass is 10.1. The van der Waals surface area contributed by atoms with Crippen molar-refractivity contribution in [1.29, 1.82) is 0 Å². The fourth-order valence-electron chi connectivity index (χ4n) is 3.14. The zero-order valence-corrected chi connectivity index (χ0v) is 14.6. The van der Waals surface area contributed by atoms with Crippen molar-refractivity contribution in [2.45, 2.75) is 39.2 Å². The van der Waals surface area contributed by atoms with Crippen molar-refractivity contribution in [1.82, 2.24) is 15.5 Å². The van der Waals surface area contributed by atoms with Gasteiger partial charge < -0.3 is 10.6 Å². The van der Waals surface area contributed by atoms with Crippen molar-refractivity contribution < 1.29 is 8.78 Å². The Bertz CT molecular complexity index is 528. The molecule has 1 saturated heterocycles. The zero-order valence-electron chi connectivity index (χ0n) is 14.6. The van der Waals surface area contributed by atoms with Crippen LogP contribution in [0.4, 0.5) is 8.78 Å². The van der Waals surface area contributed by atoms with Crippen molar-refractivity contribution in [3.05, 3.63) is 35.4 Å². The highest BCUT2D eigenvalue weighted by Crippen LogP contribution is 2.16. The Morgan fingerprint density at radius 2 is 1.96 bits per heavy atom. The fourth-order valence-corrected chi connectivity index (χ4v) is 3.14. The van der Waals surface area contributed by atoms with Gasteiger partial charge in [-0.2, -0.15) is 0 Å². The Hall–Kier alpha value is -1.69. The second-order valence-corrected chi connectivity index (χ2v) is 6.10. The maximum Gasteiger partial charge on any atom is 0.191 e. The number of nitrogens with zero attached hydrogens (tertiary/aromatic N) is 2. The molecule has 1 heterocycles. The molecule has 2 N–H and O–H groups in total. The van der Waals surface area contributed by atoms with Crippen LogP contribution in [0.3, 0.4) is 0 Å². The van der Waals surface area contributed by atoms with Crippen LogP contribution in [0, 0.1) is 11.6 Å². The summed E-state index contributed by atoms with van der Waals surface area (Å²) in [5.41, 5.74) is 0.642. The predicted molar refractivity (Wildman–Crippen MR) is 94.3 cm³/mol. The molecule has 0 amide bonds. The number of likely N-dealkylation sites (tertiary alicyclic amines) is 1. The number of hydrogen-bond donors (Lipinski definition) is 2. The minimum Gasteiger partial charge on any atom is -0.357 e. The molecule has 0 saturated carbocycles. The van der Waals surface area contributed by atoms with E-state index in [4.69, 9.17) is 0 Å². The molecule has 1 fully saturated rings. The zero-order chi connectivity index (χ0) is 17.4. The number of rotatable bonds is 7. The molecule has 0 aromatic heterocycles. The molecule has 6 heteroatoms. The van der Waals surface area contributed by atoms with Crippen LogP contribution in [-0.2, 0) is 6.42 Å². The summed E-state index contributed by atoms with van der Waals surface area (Å²) >= 11 is 0. The number of halogens is 2. The maximum absolute atomic E-state index is 13.2. The first kappa shape index (κ1) is 18.6. The topological polar surface area (TPSA) is 39.7 Å². The monoisotopic (exact) mass is 338 g/mol. The summed E-state index contributed by atoms with van der Waals surface area (Å²) in [5.74, 6) is -0.310. The lowest BCUT2D eigenvalue weighted by Crippen LogP contribution is -2.40. The Balaban J connectivity index is 1.85. The first-order valence-corrected chi connectivity index (χ1v) is 8.83. The Morgan fingerprint density at radius 1 is 1.21 bits per heavy atom. The van der Waals surface area contributed by atoms with E-state index < -0.39 is 11.6 Å². The van der Waals surface area contributed by atoms with Crippen LogP contribution >= 0.6 is 0 Å². The second kappa shape index (κ2) is 9.57. The van der Waals surface area contributed by atoms with Crippen LogP contribution in [0.25, 0.3) is 0 Å². The molecule has 1 aromatic rings. The Labute approximate surface area is 143 Å². The molecule has 1 unspecified atom stereocenters. The largest absolute Gasteiger partial charge is 0.357 e. The maximum atomic E-state index is 13.2. The molecule has 0 aliphatic carbocycles. The minimum absolute atomic E-state index is 0.516. The molecule has 1 aliphatic rings. The second-order valence-electron chi connectivity index (χ2n) is 6.10. The van der Waals surface area contributed by atoms with Crippen molar-refractivity contribution in [3.63, 3.8) is 0 Å². The number of hydrogen-bond acceptors (Lipinski definition) is 2. The Morgan fingerprint density at radius 3 is 2.62 bits per heavy atom. The predicted octanol–water partition coefficient (Wildman–Crippen LogP) is 2.55. The highest BCUT2D eigenvalue weighted by Gasteiger charge is 2.22. The summed E-state index contributed by atoms with van der Waals surface area (Å²) in [5, 5.41) is 6.46. The van der Waals surface area contributed by atoms with Gasteiger partial charge in [-0.25, -0.2) is 8.78 Å². The number of guanidine groups is 1. The normalized spacial score (nSPS) is 18.8. The Kier molecular flexibility index (Phi) is 7.43. The smallest absolute Gasteiger partial charge is 0.191 e. The standard InChI is InChI=1S/C18H28F2N4/c1-3-21-18(23-13-17-6-5-9-24(17)4-2)22-8-7-14-10-15(19)12-16(20)11-14/h10-12,17H,3-9,13H2,1-2H3,(H2,21,22,23). The van der Waals surface area contributed by atoms with E-state index in [9.17, 15) is 8.78 Å². The van der Waals surface area contributed by atoms with Gasteiger partial charge >= 0.3 is 0 Å². The SMILES string of the molecule is CCNC(=NCC1CCCN1CC)NCCc1cc(F)cc(F)c1. The summed E-state index contributed by atoms with van der Waals surface area (Å²) in [6.07, 6.45) is 2.98. The molecule has 1 aliphatic heterocycles. The molecule has 1 atom stereocenters. The van der Waals surface area contributed by atoms with E-state index in [0.29, 0.717) is 24.6 Å². The van der Waals surface area contributed by atoms with Crippen LogP contribution in [0.15, 0.2) is 23.2 Å². The molecule has 134 valence electrons. The third kappa shape index (κ3) is 5.74. The number of aliphatic imine (C=N–C) groups is 1. The van der Waals surface area contributed by atoms with E-state index in [0.717, 1.165) is 38.2 Å². The van der Waals surface area contributed by atoms with Crippen molar-refractivity contribution >= 4 is 5.96 Å². The molecule has 0 radical (unpaired) electrons. The highest BCUT2D eigenvalue weighted by atomic mass is 19.1. The van der Waals surface area contributed by atoms with Gasteiger partial charge in [-0.05, 0) is 57.0 Å². The van der Waals surface area contributed by atoms with Crippen LogP contribution < -0.4 is 10.6 Å². The van der Waals surface area contributed by atoms with Crippen LogP contribution in [0.1, 0.15) is 32.3 Å². The van der Waals surface area contributed by atoms with Crippen LogP contribution in [-0.4, -0.2) is 49.6 Å². The summed E-state index contributed by atoms with van der Waals surface area (Å²) in [6.45, 7) is 8.56. The summed E-state index contributed by atoms with van der Waals surface area (Å²) < 4.78 is 26.4. The van der Waals surface area contributed by atoms with Gasteiger partial charge in [-0.15, -0.1) is 0 Å². The van der Waals surface area contributed by atoms with Gasteiger partial charge in [0.25, 0.3) is 0 Å². The average molecular weight is 338 g/mol. The van der Waals surface area contributed by atoms with Gasteiger partial charge in [0.15, 0.2) is 5.96 Å². The van der Waals surface area contributed by atoms with Gasteiger partial charge in [-0.1, -0.05) is 6.92 Å².